The van der Waals surface area contributed by atoms with Crippen LogP contribution in [-0.2, 0) is 11.2 Å². The first kappa shape index (κ1) is 15.0. The molecule has 1 amide bonds. The molecule has 1 aromatic carbocycles. The van der Waals surface area contributed by atoms with Crippen molar-refractivity contribution in [3.8, 4) is 11.5 Å². The monoisotopic (exact) mass is 319 g/mol. The molecule has 1 aliphatic carbocycles. The standard InChI is InChI=1S/C16H18ClN3O2/c17-12-7-5-11(6-8-12)16-20-19-15(22-16)10-9-14(21)18-13-3-1-2-4-13/h5-8,13H,1-4,9-10H2,(H,18,21). The Labute approximate surface area is 134 Å². The molecule has 22 heavy (non-hydrogen) atoms. The Hall–Kier alpha value is -1.88. The van der Waals surface area contributed by atoms with Crippen LogP contribution in [0.2, 0.25) is 5.02 Å². The van der Waals surface area contributed by atoms with E-state index in [4.69, 9.17) is 16.0 Å². The zero-order valence-corrected chi connectivity index (χ0v) is 13.0. The molecule has 0 atom stereocenters. The SMILES string of the molecule is O=C(CCc1nnc(-c2ccc(Cl)cc2)o1)NC1CCCC1. The van der Waals surface area contributed by atoms with Crippen LogP contribution in [-0.4, -0.2) is 22.1 Å². The van der Waals surface area contributed by atoms with Crippen LogP contribution >= 0.6 is 11.6 Å². The number of carbonyl (C=O) groups is 1. The van der Waals surface area contributed by atoms with Gasteiger partial charge in [0.05, 0.1) is 0 Å². The zero-order valence-electron chi connectivity index (χ0n) is 12.2. The Morgan fingerprint density at radius 2 is 1.95 bits per heavy atom. The van der Waals surface area contributed by atoms with Gasteiger partial charge < -0.3 is 9.73 Å². The number of amides is 1. The van der Waals surface area contributed by atoms with Crippen LogP contribution < -0.4 is 5.32 Å². The lowest BCUT2D eigenvalue weighted by Crippen LogP contribution is -2.32. The summed E-state index contributed by atoms with van der Waals surface area (Å²) in [7, 11) is 0. The van der Waals surface area contributed by atoms with E-state index in [1.54, 1.807) is 12.1 Å². The van der Waals surface area contributed by atoms with E-state index in [1.807, 2.05) is 12.1 Å². The fraction of sp³-hybridized carbons (Fsp3) is 0.438. The van der Waals surface area contributed by atoms with E-state index in [0.717, 1.165) is 18.4 Å². The van der Waals surface area contributed by atoms with Crippen molar-refractivity contribution in [2.75, 3.05) is 0 Å². The summed E-state index contributed by atoms with van der Waals surface area (Å²) in [5.74, 6) is 0.979. The number of halogens is 1. The summed E-state index contributed by atoms with van der Waals surface area (Å²) in [4.78, 5) is 11.9. The minimum Gasteiger partial charge on any atom is -0.421 e. The maximum absolute atomic E-state index is 11.9. The molecule has 5 nitrogen and oxygen atoms in total. The third kappa shape index (κ3) is 3.85. The highest BCUT2D eigenvalue weighted by molar-refractivity contribution is 6.30. The molecule has 0 spiro atoms. The van der Waals surface area contributed by atoms with Crippen LogP contribution in [0, 0.1) is 0 Å². The van der Waals surface area contributed by atoms with Crippen LogP contribution in [0.3, 0.4) is 0 Å². The van der Waals surface area contributed by atoms with E-state index < -0.39 is 0 Å². The largest absolute Gasteiger partial charge is 0.421 e. The van der Waals surface area contributed by atoms with Crippen molar-refractivity contribution in [2.45, 2.75) is 44.6 Å². The maximum Gasteiger partial charge on any atom is 0.247 e. The highest BCUT2D eigenvalue weighted by Gasteiger charge is 2.17. The van der Waals surface area contributed by atoms with Gasteiger partial charge in [0.2, 0.25) is 17.7 Å². The first-order valence-electron chi connectivity index (χ1n) is 7.58. The van der Waals surface area contributed by atoms with Crippen molar-refractivity contribution >= 4 is 17.5 Å². The number of aromatic nitrogens is 2. The van der Waals surface area contributed by atoms with Gasteiger partial charge in [-0.2, -0.15) is 0 Å². The summed E-state index contributed by atoms with van der Waals surface area (Å²) in [6, 6.07) is 7.55. The molecular weight excluding hydrogens is 302 g/mol. The Balaban J connectivity index is 1.53. The number of nitrogens with one attached hydrogen (secondary N) is 1. The lowest BCUT2D eigenvalue weighted by Gasteiger charge is -2.10. The Kier molecular flexibility index (Phi) is 4.73. The molecule has 6 heteroatoms. The minimum atomic E-state index is 0.0538. The van der Waals surface area contributed by atoms with E-state index >= 15 is 0 Å². The molecule has 1 fully saturated rings. The smallest absolute Gasteiger partial charge is 0.247 e. The van der Waals surface area contributed by atoms with E-state index in [9.17, 15) is 4.79 Å². The number of rotatable bonds is 5. The summed E-state index contributed by atoms with van der Waals surface area (Å²) in [6.45, 7) is 0. The lowest BCUT2D eigenvalue weighted by atomic mass is 10.2. The average molecular weight is 320 g/mol. The Morgan fingerprint density at radius 3 is 2.68 bits per heavy atom. The van der Waals surface area contributed by atoms with Gasteiger partial charge >= 0.3 is 0 Å². The number of carbonyl (C=O) groups excluding carboxylic acids is 1. The van der Waals surface area contributed by atoms with Crippen molar-refractivity contribution in [2.24, 2.45) is 0 Å². The van der Waals surface area contributed by atoms with Gasteiger partial charge in [0.1, 0.15) is 0 Å². The van der Waals surface area contributed by atoms with Gasteiger partial charge in [-0.05, 0) is 37.1 Å². The first-order valence-corrected chi connectivity index (χ1v) is 7.96. The van der Waals surface area contributed by atoms with Crippen LogP contribution in [0.1, 0.15) is 38.0 Å². The molecule has 0 aliphatic heterocycles. The van der Waals surface area contributed by atoms with Gasteiger partial charge in [-0.15, -0.1) is 10.2 Å². The van der Waals surface area contributed by atoms with Crippen molar-refractivity contribution in [1.82, 2.24) is 15.5 Å². The maximum atomic E-state index is 11.9. The van der Waals surface area contributed by atoms with Crippen LogP contribution in [0.5, 0.6) is 0 Å². The van der Waals surface area contributed by atoms with Crippen LogP contribution in [0.25, 0.3) is 11.5 Å². The summed E-state index contributed by atoms with van der Waals surface area (Å²) in [5, 5.41) is 11.7. The molecule has 1 heterocycles. The summed E-state index contributed by atoms with van der Waals surface area (Å²) < 4.78 is 5.58. The van der Waals surface area contributed by atoms with Gasteiger partial charge in [0, 0.05) is 29.5 Å². The molecule has 1 aliphatic rings. The Bertz CT molecular complexity index is 633. The van der Waals surface area contributed by atoms with Crippen LogP contribution in [0.4, 0.5) is 0 Å². The normalized spacial score (nSPS) is 15.1. The molecule has 0 radical (unpaired) electrons. The number of benzene rings is 1. The predicted octanol–water partition coefficient (Wildman–Crippen LogP) is 3.38. The van der Waals surface area contributed by atoms with E-state index in [0.29, 0.717) is 35.7 Å². The topological polar surface area (TPSA) is 68.0 Å². The van der Waals surface area contributed by atoms with E-state index in [1.165, 1.54) is 12.8 Å². The van der Waals surface area contributed by atoms with Crippen LogP contribution in [0.15, 0.2) is 28.7 Å². The molecule has 0 bridgehead atoms. The lowest BCUT2D eigenvalue weighted by molar-refractivity contribution is -0.121. The summed E-state index contributed by atoms with van der Waals surface area (Å²) in [6.07, 6.45) is 5.43. The van der Waals surface area contributed by atoms with Crippen molar-refractivity contribution in [1.29, 1.82) is 0 Å². The highest BCUT2D eigenvalue weighted by atomic mass is 35.5. The third-order valence-electron chi connectivity index (χ3n) is 3.84. The molecular formula is C16H18ClN3O2. The van der Waals surface area contributed by atoms with E-state index in [2.05, 4.69) is 15.5 Å². The second-order valence-corrected chi connectivity index (χ2v) is 5.99. The van der Waals surface area contributed by atoms with Crippen molar-refractivity contribution in [3.63, 3.8) is 0 Å². The molecule has 0 unspecified atom stereocenters. The Morgan fingerprint density at radius 1 is 1.23 bits per heavy atom. The van der Waals surface area contributed by atoms with E-state index in [-0.39, 0.29) is 5.91 Å². The second kappa shape index (κ2) is 6.92. The first-order chi connectivity index (χ1) is 10.7. The van der Waals surface area contributed by atoms with Gasteiger partial charge in [-0.25, -0.2) is 0 Å². The van der Waals surface area contributed by atoms with Gasteiger partial charge in [-0.3, -0.25) is 4.79 Å². The molecule has 1 saturated carbocycles. The van der Waals surface area contributed by atoms with Gasteiger partial charge in [0.15, 0.2) is 0 Å². The molecule has 3 rings (SSSR count). The number of hydrogen-bond donors (Lipinski definition) is 1. The van der Waals surface area contributed by atoms with Crippen molar-refractivity contribution < 1.29 is 9.21 Å². The van der Waals surface area contributed by atoms with Gasteiger partial charge in [0.25, 0.3) is 0 Å². The zero-order chi connectivity index (χ0) is 15.4. The van der Waals surface area contributed by atoms with Gasteiger partial charge in [-0.1, -0.05) is 24.4 Å². The molecule has 116 valence electrons. The predicted molar refractivity (Wildman–Crippen MR) is 83.5 cm³/mol. The molecule has 1 aromatic heterocycles. The number of nitrogens with zero attached hydrogens (tertiary/aromatic N) is 2. The number of hydrogen-bond acceptors (Lipinski definition) is 4. The average Bonchev–Trinajstić information content (AvgIpc) is 3.17. The fourth-order valence-corrected chi connectivity index (χ4v) is 2.78. The number of aryl methyl sites for hydroxylation is 1. The minimum absolute atomic E-state index is 0.0538. The third-order valence-corrected chi connectivity index (χ3v) is 4.10. The fourth-order valence-electron chi connectivity index (χ4n) is 2.65. The summed E-state index contributed by atoms with van der Waals surface area (Å²) >= 11 is 5.85. The highest BCUT2D eigenvalue weighted by Crippen LogP contribution is 2.21. The summed E-state index contributed by atoms with van der Waals surface area (Å²) in [5.41, 5.74) is 0.818. The quantitative estimate of drug-likeness (QED) is 0.917. The molecule has 2 aromatic rings. The second-order valence-electron chi connectivity index (χ2n) is 5.56. The molecule has 0 saturated heterocycles. The van der Waals surface area contributed by atoms with Crippen molar-refractivity contribution in [3.05, 3.63) is 35.2 Å². The molecule has 1 N–H and O–H groups in total.